The van der Waals surface area contributed by atoms with Crippen molar-refractivity contribution >= 4 is 23.3 Å². The number of aryl methyl sites for hydroxylation is 1. The molecular weight excluding hydrogens is 298 g/mol. The Hall–Kier alpha value is -1.26. The van der Waals surface area contributed by atoms with E-state index in [0.29, 0.717) is 17.0 Å². The SMILES string of the molecule is Cc1ccc(NC(=O)N2CCCC3CN(C)CCC32)cc1Cl. The highest BCUT2D eigenvalue weighted by molar-refractivity contribution is 6.31. The molecule has 1 N–H and O–H groups in total. The number of halogens is 1. The van der Waals surface area contributed by atoms with Crippen molar-refractivity contribution in [1.29, 1.82) is 0 Å². The number of urea groups is 1. The van der Waals surface area contributed by atoms with E-state index < -0.39 is 0 Å². The summed E-state index contributed by atoms with van der Waals surface area (Å²) in [6.45, 7) is 4.99. The van der Waals surface area contributed by atoms with Crippen LogP contribution in [0.4, 0.5) is 10.5 Å². The van der Waals surface area contributed by atoms with Crippen LogP contribution >= 0.6 is 11.6 Å². The predicted octanol–water partition coefficient (Wildman–Crippen LogP) is 3.60. The quantitative estimate of drug-likeness (QED) is 0.858. The highest BCUT2D eigenvalue weighted by Gasteiger charge is 2.37. The summed E-state index contributed by atoms with van der Waals surface area (Å²) in [5, 5.41) is 3.70. The van der Waals surface area contributed by atoms with Gasteiger partial charge in [-0.2, -0.15) is 0 Å². The van der Waals surface area contributed by atoms with Gasteiger partial charge in [-0.25, -0.2) is 4.79 Å². The highest BCUT2D eigenvalue weighted by atomic mass is 35.5. The molecule has 0 bridgehead atoms. The van der Waals surface area contributed by atoms with Crippen molar-refractivity contribution < 1.29 is 4.79 Å². The van der Waals surface area contributed by atoms with Crippen LogP contribution in [0.15, 0.2) is 18.2 Å². The zero-order valence-electron chi connectivity index (χ0n) is 13.3. The van der Waals surface area contributed by atoms with Crippen molar-refractivity contribution in [2.45, 2.75) is 32.2 Å². The average Bonchev–Trinajstić information content (AvgIpc) is 2.50. The Morgan fingerprint density at radius 2 is 2.14 bits per heavy atom. The second kappa shape index (κ2) is 6.47. The van der Waals surface area contributed by atoms with E-state index in [1.807, 2.05) is 30.0 Å². The minimum Gasteiger partial charge on any atom is -0.321 e. The number of benzene rings is 1. The lowest BCUT2D eigenvalue weighted by atomic mass is 9.84. The molecule has 2 unspecified atom stereocenters. The number of amides is 2. The Labute approximate surface area is 137 Å². The lowest BCUT2D eigenvalue weighted by Gasteiger charge is -2.46. The van der Waals surface area contributed by atoms with Gasteiger partial charge in [-0.05, 0) is 63.4 Å². The molecule has 0 radical (unpaired) electrons. The second-order valence-electron chi connectivity index (χ2n) is 6.61. The molecule has 120 valence electrons. The molecule has 0 aliphatic carbocycles. The summed E-state index contributed by atoms with van der Waals surface area (Å²) in [6.07, 6.45) is 3.40. The summed E-state index contributed by atoms with van der Waals surface area (Å²) in [6, 6.07) is 6.07. The van der Waals surface area contributed by atoms with Crippen molar-refractivity contribution in [2.75, 3.05) is 32.0 Å². The van der Waals surface area contributed by atoms with Gasteiger partial charge in [-0.3, -0.25) is 0 Å². The number of carbonyl (C=O) groups excluding carboxylic acids is 1. The lowest BCUT2D eigenvalue weighted by Crippen LogP contribution is -2.56. The molecule has 0 saturated carbocycles. The maximum Gasteiger partial charge on any atom is 0.322 e. The number of nitrogens with zero attached hydrogens (tertiary/aromatic N) is 2. The molecule has 2 heterocycles. The van der Waals surface area contributed by atoms with Gasteiger partial charge in [-0.1, -0.05) is 17.7 Å². The van der Waals surface area contributed by atoms with Gasteiger partial charge in [0.15, 0.2) is 0 Å². The summed E-state index contributed by atoms with van der Waals surface area (Å²) in [7, 11) is 2.17. The molecular formula is C17H24ClN3O. The van der Waals surface area contributed by atoms with Crippen LogP contribution in [0, 0.1) is 12.8 Å². The third-order valence-electron chi connectivity index (χ3n) is 4.96. The summed E-state index contributed by atoms with van der Waals surface area (Å²) in [5.41, 5.74) is 1.80. The van der Waals surface area contributed by atoms with Gasteiger partial charge >= 0.3 is 6.03 Å². The summed E-state index contributed by atoms with van der Waals surface area (Å²) < 4.78 is 0. The van der Waals surface area contributed by atoms with Gasteiger partial charge in [0.25, 0.3) is 0 Å². The van der Waals surface area contributed by atoms with E-state index in [9.17, 15) is 4.79 Å². The van der Waals surface area contributed by atoms with Crippen LogP contribution in [-0.2, 0) is 0 Å². The van der Waals surface area contributed by atoms with Crippen LogP contribution in [0.25, 0.3) is 0 Å². The molecule has 2 aliphatic rings. The largest absolute Gasteiger partial charge is 0.322 e. The monoisotopic (exact) mass is 321 g/mol. The first kappa shape index (κ1) is 15.6. The molecule has 2 fully saturated rings. The third-order valence-corrected chi connectivity index (χ3v) is 5.36. The average molecular weight is 322 g/mol. The fraction of sp³-hybridized carbons (Fsp3) is 0.588. The predicted molar refractivity (Wildman–Crippen MR) is 90.5 cm³/mol. The van der Waals surface area contributed by atoms with Crippen LogP contribution in [-0.4, -0.2) is 48.6 Å². The number of rotatable bonds is 1. The van der Waals surface area contributed by atoms with Crippen molar-refractivity contribution in [2.24, 2.45) is 5.92 Å². The third kappa shape index (κ3) is 3.23. The Morgan fingerprint density at radius 3 is 2.91 bits per heavy atom. The topological polar surface area (TPSA) is 35.6 Å². The summed E-state index contributed by atoms with van der Waals surface area (Å²) >= 11 is 6.14. The molecule has 0 spiro atoms. The van der Waals surface area contributed by atoms with Crippen molar-refractivity contribution in [1.82, 2.24) is 9.80 Å². The molecule has 4 nitrogen and oxygen atoms in total. The molecule has 2 atom stereocenters. The number of fused-ring (bicyclic) bond motifs is 1. The van der Waals surface area contributed by atoms with Crippen LogP contribution in [0.3, 0.4) is 0 Å². The van der Waals surface area contributed by atoms with Crippen molar-refractivity contribution in [3.8, 4) is 0 Å². The van der Waals surface area contributed by atoms with E-state index in [1.165, 1.54) is 6.42 Å². The standard InChI is InChI=1S/C17H24ClN3O/c1-12-5-6-14(10-15(12)18)19-17(22)21-8-3-4-13-11-20(2)9-7-16(13)21/h5-6,10,13,16H,3-4,7-9,11H2,1-2H3,(H,19,22). The smallest absolute Gasteiger partial charge is 0.321 e. The van der Waals surface area contributed by atoms with E-state index in [-0.39, 0.29) is 6.03 Å². The van der Waals surface area contributed by atoms with Gasteiger partial charge in [0, 0.05) is 29.8 Å². The van der Waals surface area contributed by atoms with Gasteiger partial charge in [-0.15, -0.1) is 0 Å². The first-order valence-corrected chi connectivity index (χ1v) is 8.44. The number of likely N-dealkylation sites (tertiary alicyclic amines) is 2. The minimum absolute atomic E-state index is 0.0131. The van der Waals surface area contributed by atoms with Gasteiger partial charge in [0.2, 0.25) is 0 Å². The van der Waals surface area contributed by atoms with Crippen LogP contribution in [0.1, 0.15) is 24.8 Å². The molecule has 1 aromatic rings. The number of hydrogen-bond donors (Lipinski definition) is 1. The molecule has 22 heavy (non-hydrogen) atoms. The fourth-order valence-electron chi connectivity index (χ4n) is 3.70. The van der Waals surface area contributed by atoms with Gasteiger partial charge in [0.1, 0.15) is 0 Å². The Bertz CT molecular complexity index is 563. The maximum atomic E-state index is 12.7. The number of anilines is 1. The molecule has 2 saturated heterocycles. The van der Waals surface area contributed by atoms with E-state index in [2.05, 4.69) is 17.3 Å². The molecule has 2 aliphatic heterocycles. The van der Waals surface area contributed by atoms with Gasteiger partial charge in [0.05, 0.1) is 0 Å². The summed E-state index contributed by atoms with van der Waals surface area (Å²) in [4.78, 5) is 17.1. The lowest BCUT2D eigenvalue weighted by molar-refractivity contribution is 0.0579. The molecule has 3 rings (SSSR count). The zero-order valence-corrected chi connectivity index (χ0v) is 14.1. The molecule has 5 heteroatoms. The van der Waals surface area contributed by atoms with Crippen molar-refractivity contribution in [3.63, 3.8) is 0 Å². The molecule has 2 amide bonds. The van der Waals surface area contributed by atoms with E-state index >= 15 is 0 Å². The normalized spacial score (nSPS) is 25.7. The van der Waals surface area contributed by atoms with Crippen LogP contribution in [0.2, 0.25) is 5.02 Å². The number of piperidine rings is 2. The number of nitrogens with one attached hydrogen (secondary N) is 1. The highest BCUT2D eigenvalue weighted by Crippen LogP contribution is 2.30. The first-order chi connectivity index (χ1) is 10.5. The van der Waals surface area contributed by atoms with E-state index in [0.717, 1.165) is 43.7 Å². The number of carbonyl (C=O) groups is 1. The minimum atomic E-state index is 0.0131. The van der Waals surface area contributed by atoms with Crippen LogP contribution in [0.5, 0.6) is 0 Å². The Kier molecular flexibility index (Phi) is 4.59. The Balaban J connectivity index is 1.69. The maximum absolute atomic E-state index is 12.7. The van der Waals surface area contributed by atoms with E-state index in [1.54, 1.807) is 0 Å². The summed E-state index contributed by atoms with van der Waals surface area (Å²) in [5.74, 6) is 0.611. The second-order valence-corrected chi connectivity index (χ2v) is 7.02. The molecule has 1 aromatic carbocycles. The zero-order chi connectivity index (χ0) is 15.7. The van der Waals surface area contributed by atoms with Gasteiger partial charge < -0.3 is 15.1 Å². The number of hydrogen-bond acceptors (Lipinski definition) is 2. The van der Waals surface area contributed by atoms with Crippen LogP contribution < -0.4 is 5.32 Å². The molecule has 0 aromatic heterocycles. The fourth-order valence-corrected chi connectivity index (χ4v) is 3.88. The Morgan fingerprint density at radius 1 is 1.32 bits per heavy atom. The first-order valence-electron chi connectivity index (χ1n) is 8.07. The van der Waals surface area contributed by atoms with Crippen molar-refractivity contribution in [3.05, 3.63) is 28.8 Å². The van der Waals surface area contributed by atoms with E-state index in [4.69, 9.17) is 11.6 Å².